The summed E-state index contributed by atoms with van der Waals surface area (Å²) in [5, 5.41) is 0. The number of aromatic nitrogens is 4. The highest BCUT2D eigenvalue weighted by molar-refractivity contribution is 5.69. The van der Waals surface area contributed by atoms with Crippen LogP contribution in [0.15, 0.2) is 9.59 Å². The summed E-state index contributed by atoms with van der Waals surface area (Å²) in [5.74, 6) is 0.639. The smallest absolute Gasteiger partial charge is 0.332 e. The number of rotatable bonds is 4. The van der Waals surface area contributed by atoms with Crippen LogP contribution in [-0.2, 0) is 20.0 Å². The fourth-order valence-corrected chi connectivity index (χ4v) is 1.96. The molecule has 2 aromatic heterocycles. The van der Waals surface area contributed by atoms with Crippen molar-refractivity contribution in [1.29, 1.82) is 0 Å². The predicted molar refractivity (Wildman–Crippen MR) is 68.6 cm³/mol. The number of fused-ring (bicyclic) bond motifs is 1. The van der Waals surface area contributed by atoms with Gasteiger partial charge in [0, 0.05) is 20.0 Å². The van der Waals surface area contributed by atoms with Crippen molar-refractivity contribution in [2.75, 3.05) is 6.54 Å². The summed E-state index contributed by atoms with van der Waals surface area (Å²) in [7, 11) is 1.47. The molecule has 98 valence electrons. The van der Waals surface area contributed by atoms with Gasteiger partial charge in [0.2, 0.25) is 0 Å². The van der Waals surface area contributed by atoms with Crippen molar-refractivity contribution in [3.63, 3.8) is 0 Å². The van der Waals surface area contributed by atoms with Crippen molar-refractivity contribution in [3.8, 4) is 0 Å². The molecule has 7 nitrogen and oxygen atoms in total. The summed E-state index contributed by atoms with van der Waals surface area (Å²) in [4.78, 5) is 31.2. The molecular weight excluding hydrogens is 234 g/mol. The summed E-state index contributed by atoms with van der Waals surface area (Å²) in [6, 6.07) is 0. The van der Waals surface area contributed by atoms with Gasteiger partial charge in [-0.05, 0) is 13.0 Å². The SMILES string of the molecule is CCCn1c(=O)n(C)c(=O)c2[nH]c(CCN)nc21. The third-order valence-corrected chi connectivity index (χ3v) is 2.85. The molecule has 0 saturated carbocycles. The highest BCUT2D eigenvalue weighted by Gasteiger charge is 2.14. The van der Waals surface area contributed by atoms with Crippen LogP contribution >= 0.6 is 0 Å². The second kappa shape index (κ2) is 4.77. The van der Waals surface area contributed by atoms with Crippen LogP contribution in [0, 0.1) is 0 Å². The fourth-order valence-electron chi connectivity index (χ4n) is 1.96. The van der Waals surface area contributed by atoms with Gasteiger partial charge in [0.05, 0.1) is 0 Å². The first-order chi connectivity index (χ1) is 8.60. The zero-order valence-corrected chi connectivity index (χ0v) is 10.6. The normalized spacial score (nSPS) is 11.3. The quantitative estimate of drug-likeness (QED) is 0.753. The molecule has 0 amide bonds. The van der Waals surface area contributed by atoms with Gasteiger partial charge in [0.25, 0.3) is 5.56 Å². The summed E-state index contributed by atoms with van der Waals surface area (Å²) < 4.78 is 2.62. The predicted octanol–water partition coefficient (Wildman–Crippen LogP) is -0.665. The lowest BCUT2D eigenvalue weighted by Gasteiger charge is -2.06. The Kier molecular flexibility index (Phi) is 3.33. The Morgan fingerprint density at radius 2 is 2.11 bits per heavy atom. The molecule has 0 aliphatic rings. The Morgan fingerprint density at radius 1 is 1.39 bits per heavy atom. The van der Waals surface area contributed by atoms with Crippen molar-refractivity contribution in [2.24, 2.45) is 12.8 Å². The van der Waals surface area contributed by atoms with Crippen molar-refractivity contribution in [3.05, 3.63) is 26.7 Å². The number of nitrogens with two attached hydrogens (primary N) is 1. The monoisotopic (exact) mass is 251 g/mol. The standard InChI is InChI=1S/C11H17N5O2/c1-3-6-16-9-8(10(17)15(2)11(16)18)13-7(14-9)4-5-12/h3-6,12H2,1-2H3,(H,13,14). The van der Waals surface area contributed by atoms with Crippen molar-refractivity contribution >= 4 is 11.2 Å². The number of aryl methyl sites for hydroxylation is 1. The van der Waals surface area contributed by atoms with Gasteiger partial charge in [-0.3, -0.25) is 13.9 Å². The highest BCUT2D eigenvalue weighted by atomic mass is 16.2. The minimum absolute atomic E-state index is 0.333. The van der Waals surface area contributed by atoms with E-state index in [9.17, 15) is 9.59 Å². The van der Waals surface area contributed by atoms with Gasteiger partial charge in [-0.1, -0.05) is 6.92 Å². The van der Waals surface area contributed by atoms with E-state index in [2.05, 4.69) is 9.97 Å². The number of nitrogens with zero attached hydrogens (tertiary/aromatic N) is 3. The van der Waals surface area contributed by atoms with Gasteiger partial charge in [-0.25, -0.2) is 9.78 Å². The van der Waals surface area contributed by atoms with Gasteiger partial charge in [0.15, 0.2) is 5.65 Å². The third-order valence-electron chi connectivity index (χ3n) is 2.85. The minimum atomic E-state index is -0.349. The van der Waals surface area contributed by atoms with E-state index >= 15 is 0 Å². The van der Waals surface area contributed by atoms with Gasteiger partial charge >= 0.3 is 5.69 Å². The molecule has 0 saturated heterocycles. The third kappa shape index (κ3) is 1.86. The molecule has 18 heavy (non-hydrogen) atoms. The molecular formula is C11H17N5O2. The van der Waals surface area contributed by atoms with E-state index in [1.54, 1.807) is 0 Å². The van der Waals surface area contributed by atoms with Crippen LogP contribution in [-0.4, -0.2) is 25.6 Å². The zero-order valence-electron chi connectivity index (χ0n) is 10.6. The molecule has 0 bridgehead atoms. The maximum absolute atomic E-state index is 12.0. The Hall–Kier alpha value is -1.89. The van der Waals surface area contributed by atoms with Crippen LogP contribution in [0.2, 0.25) is 0 Å². The molecule has 0 atom stereocenters. The lowest BCUT2D eigenvalue weighted by atomic mass is 10.4. The van der Waals surface area contributed by atoms with E-state index in [1.807, 2.05) is 6.92 Å². The van der Waals surface area contributed by atoms with Crippen molar-refractivity contribution < 1.29 is 0 Å². The van der Waals surface area contributed by atoms with E-state index in [-0.39, 0.29) is 11.2 Å². The molecule has 0 spiro atoms. The van der Waals surface area contributed by atoms with Crippen LogP contribution < -0.4 is 17.0 Å². The Balaban J connectivity index is 2.80. The van der Waals surface area contributed by atoms with E-state index < -0.39 is 0 Å². The summed E-state index contributed by atoms with van der Waals surface area (Å²) in [6.07, 6.45) is 1.35. The van der Waals surface area contributed by atoms with Gasteiger partial charge in [-0.15, -0.1) is 0 Å². The molecule has 2 aromatic rings. The molecule has 2 rings (SSSR count). The Morgan fingerprint density at radius 3 is 2.72 bits per heavy atom. The summed E-state index contributed by atoms with van der Waals surface area (Å²) in [5.41, 5.74) is 5.58. The molecule has 3 N–H and O–H groups in total. The number of hydrogen-bond donors (Lipinski definition) is 2. The van der Waals surface area contributed by atoms with Crippen molar-refractivity contribution in [2.45, 2.75) is 26.3 Å². The molecule has 0 aliphatic carbocycles. The molecule has 0 unspecified atom stereocenters. The van der Waals surface area contributed by atoms with Crippen LogP contribution in [0.1, 0.15) is 19.2 Å². The molecule has 2 heterocycles. The second-order valence-corrected chi connectivity index (χ2v) is 4.22. The highest BCUT2D eigenvalue weighted by Crippen LogP contribution is 2.06. The lowest BCUT2D eigenvalue weighted by molar-refractivity contribution is 0.610. The zero-order chi connectivity index (χ0) is 13.3. The number of H-pyrrole nitrogens is 1. The lowest BCUT2D eigenvalue weighted by Crippen LogP contribution is -2.38. The first kappa shape index (κ1) is 12.6. The first-order valence-electron chi connectivity index (χ1n) is 5.98. The van der Waals surface area contributed by atoms with Crippen LogP contribution in [0.25, 0.3) is 11.2 Å². The van der Waals surface area contributed by atoms with Gasteiger partial charge < -0.3 is 10.7 Å². The summed E-state index contributed by atoms with van der Waals surface area (Å²) in [6.45, 7) is 2.95. The van der Waals surface area contributed by atoms with Gasteiger partial charge in [-0.2, -0.15) is 0 Å². The van der Waals surface area contributed by atoms with E-state index in [1.165, 1.54) is 11.6 Å². The van der Waals surface area contributed by atoms with E-state index in [0.717, 1.165) is 11.0 Å². The van der Waals surface area contributed by atoms with E-state index in [4.69, 9.17) is 5.73 Å². The van der Waals surface area contributed by atoms with Crippen LogP contribution in [0.4, 0.5) is 0 Å². The Labute approximate surface area is 103 Å². The van der Waals surface area contributed by atoms with E-state index in [0.29, 0.717) is 36.5 Å². The first-order valence-corrected chi connectivity index (χ1v) is 5.98. The van der Waals surface area contributed by atoms with Gasteiger partial charge in [0.1, 0.15) is 11.3 Å². The largest absolute Gasteiger partial charge is 0.336 e. The summed E-state index contributed by atoms with van der Waals surface area (Å²) >= 11 is 0. The maximum atomic E-state index is 12.0. The maximum Gasteiger partial charge on any atom is 0.332 e. The number of nitrogens with one attached hydrogen (secondary N) is 1. The molecule has 0 aromatic carbocycles. The second-order valence-electron chi connectivity index (χ2n) is 4.22. The number of aromatic amines is 1. The molecule has 0 fully saturated rings. The van der Waals surface area contributed by atoms with Crippen LogP contribution in [0.5, 0.6) is 0 Å². The molecule has 7 heteroatoms. The average Bonchev–Trinajstić information content (AvgIpc) is 2.76. The van der Waals surface area contributed by atoms with Crippen LogP contribution in [0.3, 0.4) is 0 Å². The number of imidazole rings is 1. The minimum Gasteiger partial charge on any atom is -0.336 e. The molecule has 0 radical (unpaired) electrons. The van der Waals surface area contributed by atoms with Crippen molar-refractivity contribution in [1.82, 2.24) is 19.1 Å². The topological polar surface area (TPSA) is 98.7 Å². The number of hydrogen-bond acceptors (Lipinski definition) is 4. The molecule has 0 aliphatic heterocycles. The average molecular weight is 251 g/mol. The Bertz CT molecular complexity index is 679. The fraction of sp³-hybridized carbons (Fsp3) is 0.545.